The maximum absolute atomic E-state index is 13.1. The number of Topliss-reactive ketones (excluding diaryl/α,β-unsaturated/α-hetero) is 1. The van der Waals surface area contributed by atoms with Crippen molar-refractivity contribution in [2.24, 2.45) is 5.41 Å². The van der Waals surface area contributed by atoms with Crippen LogP contribution in [0.15, 0.2) is 46.8 Å². The number of carbonyl (C=O) groups excluding carboxylic acids is 2. The molecule has 4 nitrogen and oxygen atoms in total. The molecule has 1 aromatic carbocycles. The number of ether oxygens (including phenoxy) is 1. The fourth-order valence-corrected chi connectivity index (χ4v) is 4.33. The van der Waals surface area contributed by atoms with Crippen molar-refractivity contribution < 1.29 is 14.3 Å². The molecule has 1 aromatic rings. The van der Waals surface area contributed by atoms with Gasteiger partial charge in [0.2, 0.25) is 0 Å². The van der Waals surface area contributed by atoms with E-state index in [9.17, 15) is 9.59 Å². The maximum atomic E-state index is 13.1. The van der Waals surface area contributed by atoms with Gasteiger partial charge in [-0.15, -0.1) is 0 Å². The molecule has 0 radical (unpaired) electrons. The van der Waals surface area contributed by atoms with E-state index >= 15 is 0 Å². The molecule has 3 rings (SSSR count). The van der Waals surface area contributed by atoms with Gasteiger partial charge in [0.25, 0.3) is 0 Å². The Hall–Kier alpha value is -1.63. The lowest BCUT2D eigenvalue weighted by molar-refractivity contribution is -0.139. The van der Waals surface area contributed by atoms with Gasteiger partial charge in [-0.2, -0.15) is 0 Å². The first-order valence-corrected chi connectivity index (χ1v) is 10.5. The van der Waals surface area contributed by atoms with Crippen molar-refractivity contribution in [1.82, 2.24) is 5.32 Å². The SMILES string of the molecule is CCCOC(=O)C1=C(C)NC2=C(C(=O)CC(C)(C)C2)[C@@H]1c1ccc(I)cc1. The van der Waals surface area contributed by atoms with Crippen LogP contribution in [-0.2, 0) is 14.3 Å². The van der Waals surface area contributed by atoms with E-state index in [1.807, 2.05) is 38.1 Å². The summed E-state index contributed by atoms with van der Waals surface area (Å²) in [5, 5.41) is 3.36. The molecule has 0 spiro atoms. The number of hydrogen-bond acceptors (Lipinski definition) is 4. The predicted octanol–water partition coefficient (Wildman–Crippen LogP) is 4.85. The van der Waals surface area contributed by atoms with Gasteiger partial charge in [-0.25, -0.2) is 4.79 Å². The van der Waals surface area contributed by atoms with Crippen LogP contribution in [0.1, 0.15) is 58.4 Å². The molecule has 1 atom stereocenters. The van der Waals surface area contributed by atoms with Crippen LogP contribution in [0.4, 0.5) is 0 Å². The van der Waals surface area contributed by atoms with Crippen LogP contribution in [-0.4, -0.2) is 18.4 Å². The second-order valence-electron chi connectivity index (χ2n) is 8.12. The lowest BCUT2D eigenvalue weighted by Crippen LogP contribution is -2.38. The molecule has 1 aliphatic heterocycles. The van der Waals surface area contributed by atoms with Crippen LogP contribution in [0.2, 0.25) is 0 Å². The summed E-state index contributed by atoms with van der Waals surface area (Å²) in [4.78, 5) is 26.0. The normalized spacial score (nSPS) is 21.7. The van der Waals surface area contributed by atoms with Gasteiger partial charge in [0, 0.05) is 32.9 Å². The van der Waals surface area contributed by atoms with Crippen molar-refractivity contribution in [3.8, 4) is 0 Å². The van der Waals surface area contributed by atoms with Crippen molar-refractivity contribution in [2.75, 3.05) is 6.61 Å². The Morgan fingerprint density at radius 1 is 1.26 bits per heavy atom. The van der Waals surface area contributed by atoms with Gasteiger partial charge in [0.1, 0.15) is 0 Å². The Labute approximate surface area is 174 Å². The van der Waals surface area contributed by atoms with Crippen LogP contribution in [0.3, 0.4) is 0 Å². The standard InChI is InChI=1S/C22H26INO3/c1-5-10-27-21(26)18-13(2)24-16-11-22(3,4)12-17(25)20(16)19(18)14-6-8-15(23)9-7-14/h6-9,19,24H,5,10-12H2,1-4H3/t19-/m1/s1. The summed E-state index contributed by atoms with van der Waals surface area (Å²) in [6.07, 6.45) is 2.05. The Morgan fingerprint density at radius 3 is 2.56 bits per heavy atom. The molecule has 0 fully saturated rings. The second-order valence-corrected chi connectivity index (χ2v) is 9.36. The van der Waals surface area contributed by atoms with E-state index in [2.05, 4.69) is 41.8 Å². The van der Waals surface area contributed by atoms with E-state index in [0.29, 0.717) is 18.6 Å². The number of dihydropyridines is 1. The van der Waals surface area contributed by atoms with Gasteiger partial charge >= 0.3 is 5.97 Å². The monoisotopic (exact) mass is 479 g/mol. The first-order valence-electron chi connectivity index (χ1n) is 9.40. The molecular weight excluding hydrogens is 453 g/mol. The molecule has 0 unspecified atom stereocenters. The van der Waals surface area contributed by atoms with Gasteiger partial charge in [0.15, 0.2) is 5.78 Å². The summed E-state index contributed by atoms with van der Waals surface area (Å²) < 4.78 is 6.58. The van der Waals surface area contributed by atoms with Crippen molar-refractivity contribution in [2.45, 2.75) is 52.9 Å². The zero-order chi connectivity index (χ0) is 19.8. The Bertz CT molecular complexity index is 834. The minimum atomic E-state index is -0.369. The first kappa shape index (κ1) is 20.1. The fraction of sp³-hybridized carbons (Fsp3) is 0.455. The number of esters is 1. The number of carbonyl (C=O) groups is 2. The average molecular weight is 479 g/mol. The molecular formula is C22H26INO3. The molecule has 5 heteroatoms. The molecule has 144 valence electrons. The van der Waals surface area contributed by atoms with Crippen LogP contribution >= 0.6 is 22.6 Å². The van der Waals surface area contributed by atoms with Crippen molar-refractivity contribution in [3.05, 3.63) is 55.9 Å². The highest BCUT2D eigenvalue weighted by atomic mass is 127. The topological polar surface area (TPSA) is 55.4 Å². The number of allylic oxidation sites excluding steroid dienone is 3. The van der Waals surface area contributed by atoms with E-state index in [1.165, 1.54) is 0 Å². The van der Waals surface area contributed by atoms with Crippen molar-refractivity contribution >= 4 is 34.3 Å². The summed E-state index contributed by atoms with van der Waals surface area (Å²) in [7, 11) is 0. The molecule has 1 aliphatic carbocycles. The van der Waals surface area contributed by atoms with Gasteiger partial charge < -0.3 is 10.1 Å². The van der Waals surface area contributed by atoms with Crippen LogP contribution in [0.25, 0.3) is 0 Å². The van der Waals surface area contributed by atoms with Gasteiger partial charge in [-0.05, 0) is 65.5 Å². The third-order valence-corrected chi connectivity index (χ3v) is 5.82. The van der Waals surface area contributed by atoms with E-state index in [1.54, 1.807) is 0 Å². The second kappa shape index (κ2) is 7.78. The minimum absolute atomic E-state index is 0.0833. The molecule has 0 amide bonds. The molecule has 27 heavy (non-hydrogen) atoms. The molecule has 0 aromatic heterocycles. The van der Waals surface area contributed by atoms with Crippen molar-refractivity contribution in [1.29, 1.82) is 0 Å². The molecule has 2 aliphatic rings. The molecule has 1 heterocycles. The van der Waals surface area contributed by atoms with Gasteiger partial charge in [-0.1, -0.05) is 32.9 Å². The van der Waals surface area contributed by atoms with Crippen LogP contribution < -0.4 is 5.32 Å². The van der Waals surface area contributed by atoms with Crippen molar-refractivity contribution in [3.63, 3.8) is 0 Å². The lowest BCUT2D eigenvalue weighted by Gasteiger charge is -2.39. The van der Waals surface area contributed by atoms with E-state index < -0.39 is 0 Å². The minimum Gasteiger partial charge on any atom is -0.462 e. The highest BCUT2D eigenvalue weighted by molar-refractivity contribution is 14.1. The van der Waals surface area contributed by atoms with E-state index in [4.69, 9.17) is 4.74 Å². The Kier molecular flexibility index (Phi) is 5.79. The van der Waals surface area contributed by atoms with Gasteiger partial charge in [0.05, 0.1) is 12.2 Å². The third kappa shape index (κ3) is 4.13. The lowest BCUT2D eigenvalue weighted by atomic mass is 9.68. The molecule has 0 bridgehead atoms. The van der Waals surface area contributed by atoms with Gasteiger partial charge in [-0.3, -0.25) is 4.79 Å². The Balaban J connectivity index is 2.12. The third-order valence-electron chi connectivity index (χ3n) is 5.10. The van der Waals surface area contributed by atoms with Crippen LogP contribution in [0, 0.1) is 8.99 Å². The fourth-order valence-electron chi connectivity index (χ4n) is 3.97. The molecule has 1 N–H and O–H groups in total. The number of hydrogen-bond donors (Lipinski definition) is 1. The summed E-state index contributed by atoms with van der Waals surface area (Å²) in [5.41, 5.74) is 3.88. The number of nitrogens with one attached hydrogen (secondary N) is 1. The highest BCUT2D eigenvalue weighted by Crippen LogP contribution is 2.46. The summed E-state index contributed by atoms with van der Waals surface area (Å²) in [5.74, 6) is -0.591. The number of rotatable bonds is 4. The number of benzene rings is 1. The van der Waals surface area contributed by atoms with E-state index in [-0.39, 0.29) is 23.1 Å². The first-order chi connectivity index (χ1) is 12.7. The summed E-state index contributed by atoms with van der Waals surface area (Å²) >= 11 is 2.26. The highest BCUT2D eigenvalue weighted by Gasteiger charge is 2.43. The molecule has 0 saturated carbocycles. The zero-order valence-corrected chi connectivity index (χ0v) is 18.5. The van der Waals surface area contributed by atoms with Crippen LogP contribution in [0.5, 0.6) is 0 Å². The number of halogens is 1. The zero-order valence-electron chi connectivity index (χ0n) is 16.3. The maximum Gasteiger partial charge on any atom is 0.336 e. The number of ketones is 1. The average Bonchev–Trinajstić information content (AvgIpc) is 2.58. The summed E-state index contributed by atoms with van der Waals surface area (Å²) in [6.45, 7) is 8.47. The Morgan fingerprint density at radius 2 is 1.93 bits per heavy atom. The largest absolute Gasteiger partial charge is 0.462 e. The summed E-state index contributed by atoms with van der Waals surface area (Å²) in [6, 6.07) is 8.05. The smallest absolute Gasteiger partial charge is 0.336 e. The molecule has 0 saturated heterocycles. The quantitative estimate of drug-likeness (QED) is 0.496. The predicted molar refractivity (Wildman–Crippen MR) is 114 cm³/mol. The van der Waals surface area contributed by atoms with E-state index in [0.717, 1.165) is 38.9 Å².